The molecule has 0 aliphatic carbocycles. The molecule has 0 aliphatic heterocycles. The third-order valence-corrected chi connectivity index (χ3v) is 3.54. The summed E-state index contributed by atoms with van der Waals surface area (Å²) >= 11 is 9.27. The molecule has 0 atom stereocenters. The predicted molar refractivity (Wildman–Crippen MR) is 81.2 cm³/mol. The molecule has 3 nitrogen and oxygen atoms in total. The van der Waals surface area contributed by atoms with Crippen LogP contribution >= 0.6 is 27.5 Å². The van der Waals surface area contributed by atoms with Crippen LogP contribution in [-0.2, 0) is 6.61 Å². The number of nitrogens with zero attached hydrogens (tertiary/aromatic N) is 1. The van der Waals surface area contributed by atoms with E-state index in [0.717, 1.165) is 10.0 Å². The van der Waals surface area contributed by atoms with Crippen LogP contribution < -0.4 is 9.47 Å². The van der Waals surface area contributed by atoms with Crippen molar-refractivity contribution >= 4 is 27.5 Å². The van der Waals surface area contributed by atoms with Crippen LogP contribution in [0.25, 0.3) is 0 Å². The van der Waals surface area contributed by atoms with Gasteiger partial charge in [-0.15, -0.1) is 0 Å². The molecule has 2 aromatic rings. The van der Waals surface area contributed by atoms with E-state index >= 15 is 0 Å². The van der Waals surface area contributed by atoms with Gasteiger partial charge < -0.3 is 9.47 Å². The zero-order chi connectivity index (χ0) is 14.5. The summed E-state index contributed by atoms with van der Waals surface area (Å²) in [6.45, 7) is 0.304. The lowest BCUT2D eigenvalue weighted by atomic mass is 10.1. The van der Waals surface area contributed by atoms with Gasteiger partial charge in [0.15, 0.2) is 0 Å². The number of methoxy groups -OCH3 is 1. The highest BCUT2D eigenvalue weighted by molar-refractivity contribution is 9.10. The van der Waals surface area contributed by atoms with E-state index in [1.807, 2.05) is 0 Å². The summed E-state index contributed by atoms with van der Waals surface area (Å²) in [7, 11) is 1.59. The van der Waals surface area contributed by atoms with E-state index in [4.69, 9.17) is 26.3 Å². The molecule has 2 aromatic carbocycles. The average Bonchev–Trinajstić information content (AvgIpc) is 2.46. The molecule has 2 rings (SSSR count). The topological polar surface area (TPSA) is 42.2 Å². The van der Waals surface area contributed by atoms with Crippen LogP contribution in [0.1, 0.15) is 11.1 Å². The van der Waals surface area contributed by atoms with Gasteiger partial charge in [-0.1, -0.05) is 11.6 Å². The lowest BCUT2D eigenvalue weighted by molar-refractivity contribution is 0.295. The van der Waals surface area contributed by atoms with Crippen molar-refractivity contribution < 1.29 is 9.47 Å². The predicted octanol–water partition coefficient (Wildman–Crippen LogP) is 4.56. The zero-order valence-corrected chi connectivity index (χ0v) is 13.0. The maximum atomic E-state index is 8.93. The van der Waals surface area contributed by atoms with E-state index in [9.17, 15) is 0 Å². The third-order valence-electron chi connectivity index (χ3n) is 2.69. The van der Waals surface area contributed by atoms with Crippen LogP contribution in [0.15, 0.2) is 40.9 Å². The Bertz CT molecular complexity index is 667. The number of hydrogen-bond acceptors (Lipinski definition) is 3. The van der Waals surface area contributed by atoms with Crippen molar-refractivity contribution in [3.05, 3.63) is 57.0 Å². The Morgan fingerprint density at radius 1 is 1.20 bits per heavy atom. The Balaban J connectivity index is 2.20. The first-order valence-electron chi connectivity index (χ1n) is 5.79. The highest BCUT2D eigenvalue weighted by Gasteiger charge is 2.07. The molecule has 0 bridgehead atoms. The first kappa shape index (κ1) is 14.7. The van der Waals surface area contributed by atoms with Gasteiger partial charge in [-0.25, -0.2) is 0 Å². The van der Waals surface area contributed by atoms with E-state index < -0.39 is 0 Å². The smallest absolute Gasteiger partial charge is 0.134 e. The van der Waals surface area contributed by atoms with E-state index in [2.05, 4.69) is 22.0 Å². The molecule has 0 N–H and O–H groups in total. The van der Waals surface area contributed by atoms with Gasteiger partial charge in [0.2, 0.25) is 0 Å². The largest absolute Gasteiger partial charge is 0.496 e. The fraction of sp³-hybridized carbons (Fsp3) is 0.133. The van der Waals surface area contributed by atoms with Gasteiger partial charge in [0.25, 0.3) is 0 Å². The maximum absolute atomic E-state index is 8.93. The number of rotatable bonds is 4. The number of hydrogen-bond donors (Lipinski definition) is 0. The SMILES string of the molecule is COc1ccc(C#N)cc1COc1ccc(Cl)cc1Br. The van der Waals surface area contributed by atoms with Gasteiger partial charge in [-0.05, 0) is 52.3 Å². The maximum Gasteiger partial charge on any atom is 0.134 e. The normalized spacial score (nSPS) is 9.90. The van der Waals surface area contributed by atoms with Crippen LogP contribution in [0.3, 0.4) is 0 Å². The fourth-order valence-electron chi connectivity index (χ4n) is 1.71. The van der Waals surface area contributed by atoms with E-state index in [-0.39, 0.29) is 0 Å². The van der Waals surface area contributed by atoms with E-state index in [1.165, 1.54) is 0 Å². The van der Waals surface area contributed by atoms with E-state index in [0.29, 0.717) is 28.7 Å². The minimum Gasteiger partial charge on any atom is -0.496 e. The molecular weight excluding hydrogens is 342 g/mol. The number of benzene rings is 2. The highest BCUT2D eigenvalue weighted by Crippen LogP contribution is 2.29. The molecule has 20 heavy (non-hydrogen) atoms. The second kappa shape index (κ2) is 6.65. The van der Waals surface area contributed by atoms with Crippen molar-refractivity contribution in [3.8, 4) is 17.6 Å². The highest BCUT2D eigenvalue weighted by atomic mass is 79.9. The Morgan fingerprint density at radius 2 is 1.95 bits per heavy atom. The second-order valence-electron chi connectivity index (χ2n) is 4.00. The number of ether oxygens (including phenoxy) is 2. The zero-order valence-electron chi connectivity index (χ0n) is 10.7. The van der Waals surface area contributed by atoms with Gasteiger partial charge in [0.05, 0.1) is 23.2 Å². The summed E-state index contributed by atoms with van der Waals surface area (Å²) < 4.78 is 11.8. The minimum atomic E-state index is 0.304. The van der Waals surface area contributed by atoms with Gasteiger partial charge in [-0.2, -0.15) is 5.26 Å². The monoisotopic (exact) mass is 351 g/mol. The van der Waals surface area contributed by atoms with Crippen molar-refractivity contribution in [2.24, 2.45) is 0 Å². The van der Waals surface area contributed by atoms with Crippen LogP contribution in [0.4, 0.5) is 0 Å². The summed E-state index contributed by atoms with van der Waals surface area (Å²) in [6, 6.07) is 12.6. The Labute approximate surface area is 130 Å². The van der Waals surface area contributed by atoms with Crippen LogP contribution in [0.5, 0.6) is 11.5 Å². The molecule has 0 amide bonds. The molecule has 0 radical (unpaired) electrons. The molecule has 0 aliphatic rings. The van der Waals surface area contributed by atoms with Crippen LogP contribution in [-0.4, -0.2) is 7.11 Å². The fourth-order valence-corrected chi connectivity index (χ4v) is 2.51. The van der Waals surface area contributed by atoms with Crippen molar-refractivity contribution in [1.82, 2.24) is 0 Å². The van der Waals surface area contributed by atoms with Gasteiger partial charge >= 0.3 is 0 Å². The Hall–Kier alpha value is -1.70. The summed E-state index contributed by atoms with van der Waals surface area (Å²) in [6.07, 6.45) is 0. The van der Waals surface area contributed by atoms with Crippen molar-refractivity contribution in [3.63, 3.8) is 0 Å². The summed E-state index contributed by atoms with van der Waals surface area (Å²) in [5, 5.41) is 9.56. The minimum absolute atomic E-state index is 0.304. The molecule has 0 fully saturated rings. The van der Waals surface area contributed by atoms with E-state index in [1.54, 1.807) is 43.5 Å². The van der Waals surface area contributed by atoms with Crippen molar-refractivity contribution in [2.75, 3.05) is 7.11 Å². The molecule has 0 saturated carbocycles. The lowest BCUT2D eigenvalue weighted by Gasteiger charge is -2.11. The van der Waals surface area contributed by atoms with Gasteiger partial charge in [0, 0.05) is 10.6 Å². The molecule has 102 valence electrons. The molecule has 0 saturated heterocycles. The van der Waals surface area contributed by atoms with Crippen molar-refractivity contribution in [1.29, 1.82) is 5.26 Å². The molecule has 5 heteroatoms. The van der Waals surface area contributed by atoms with Gasteiger partial charge in [-0.3, -0.25) is 0 Å². The first-order valence-corrected chi connectivity index (χ1v) is 6.96. The summed E-state index contributed by atoms with van der Waals surface area (Å²) in [4.78, 5) is 0. The molecular formula is C15H11BrClNO2. The molecule has 0 spiro atoms. The first-order chi connectivity index (χ1) is 9.63. The summed E-state index contributed by atoms with van der Waals surface area (Å²) in [5.41, 5.74) is 1.38. The third kappa shape index (κ3) is 3.44. The molecule has 0 heterocycles. The quantitative estimate of drug-likeness (QED) is 0.810. The average molecular weight is 353 g/mol. The number of halogens is 2. The standard InChI is InChI=1S/C15H11BrClNO2/c1-19-14-4-2-10(8-18)6-11(14)9-20-15-5-3-12(17)7-13(15)16/h2-7H,9H2,1H3. The van der Waals surface area contributed by atoms with Crippen molar-refractivity contribution in [2.45, 2.75) is 6.61 Å². The lowest BCUT2D eigenvalue weighted by Crippen LogP contribution is -2.00. The molecule has 0 aromatic heterocycles. The van der Waals surface area contributed by atoms with Crippen LogP contribution in [0.2, 0.25) is 5.02 Å². The number of nitriles is 1. The van der Waals surface area contributed by atoms with Crippen LogP contribution in [0, 0.1) is 11.3 Å². The molecule has 0 unspecified atom stereocenters. The van der Waals surface area contributed by atoms with Gasteiger partial charge in [0.1, 0.15) is 18.1 Å². The summed E-state index contributed by atoms with van der Waals surface area (Å²) in [5.74, 6) is 1.37. The Morgan fingerprint density at radius 3 is 2.60 bits per heavy atom. The Kier molecular flexibility index (Phi) is 4.89. The second-order valence-corrected chi connectivity index (χ2v) is 5.29.